The summed E-state index contributed by atoms with van der Waals surface area (Å²) in [5.41, 5.74) is 5.99. The number of halogens is 1. The van der Waals surface area contributed by atoms with E-state index < -0.39 is 0 Å². The van der Waals surface area contributed by atoms with Crippen LogP contribution in [0.4, 0.5) is 4.39 Å². The highest BCUT2D eigenvalue weighted by atomic mass is 32.2. The highest BCUT2D eigenvalue weighted by Crippen LogP contribution is 2.23. The predicted octanol–water partition coefficient (Wildman–Crippen LogP) is 2.98. The van der Waals surface area contributed by atoms with Crippen LogP contribution in [0, 0.1) is 11.7 Å². The summed E-state index contributed by atoms with van der Waals surface area (Å²) in [5, 5.41) is 0. The first-order valence-corrected chi connectivity index (χ1v) is 8.00. The van der Waals surface area contributed by atoms with Crippen LogP contribution in [-0.2, 0) is 0 Å². The second-order valence-electron chi connectivity index (χ2n) is 5.34. The molecular weight excluding hydrogens is 259 g/mol. The molecule has 2 unspecified atom stereocenters. The maximum absolute atomic E-state index is 13.5. The molecule has 1 aliphatic heterocycles. The van der Waals surface area contributed by atoms with E-state index in [2.05, 4.69) is 11.8 Å². The van der Waals surface area contributed by atoms with Crippen molar-refractivity contribution >= 4 is 11.8 Å². The molecule has 1 fully saturated rings. The summed E-state index contributed by atoms with van der Waals surface area (Å²) in [5.74, 6) is 1.44. The van der Waals surface area contributed by atoms with Gasteiger partial charge in [-0.15, -0.1) is 11.8 Å². The minimum atomic E-state index is -0.111. The van der Waals surface area contributed by atoms with Crippen LogP contribution in [-0.4, -0.2) is 36.3 Å². The van der Waals surface area contributed by atoms with Crippen molar-refractivity contribution < 1.29 is 4.39 Å². The van der Waals surface area contributed by atoms with Crippen molar-refractivity contribution in [1.82, 2.24) is 4.90 Å². The fraction of sp³-hybridized carbons (Fsp3) is 0.600. The van der Waals surface area contributed by atoms with Gasteiger partial charge in [0.05, 0.1) is 0 Å². The molecule has 0 amide bonds. The van der Waals surface area contributed by atoms with E-state index in [4.69, 9.17) is 5.73 Å². The largest absolute Gasteiger partial charge is 0.328 e. The van der Waals surface area contributed by atoms with Crippen molar-refractivity contribution in [3.63, 3.8) is 0 Å². The zero-order valence-corrected chi connectivity index (χ0v) is 12.3. The number of nitrogens with zero attached hydrogens (tertiary/aromatic N) is 1. The maximum Gasteiger partial charge on any atom is 0.136 e. The van der Waals surface area contributed by atoms with Gasteiger partial charge in [0.2, 0.25) is 0 Å². The van der Waals surface area contributed by atoms with Crippen LogP contribution in [0.15, 0.2) is 29.2 Å². The number of benzene rings is 1. The normalized spacial score (nSPS) is 22.4. The molecule has 4 heteroatoms. The second-order valence-corrected chi connectivity index (χ2v) is 6.48. The lowest BCUT2D eigenvalue weighted by molar-refractivity contribution is 0.169. The lowest BCUT2D eigenvalue weighted by atomic mass is 9.92. The molecule has 19 heavy (non-hydrogen) atoms. The summed E-state index contributed by atoms with van der Waals surface area (Å²) in [7, 11) is 0. The van der Waals surface area contributed by atoms with Crippen molar-refractivity contribution in [3.8, 4) is 0 Å². The predicted molar refractivity (Wildman–Crippen MR) is 79.9 cm³/mol. The van der Waals surface area contributed by atoms with E-state index in [1.54, 1.807) is 17.8 Å². The van der Waals surface area contributed by atoms with Gasteiger partial charge < -0.3 is 10.6 Å². The number of thioether (sulfide) groups is 1. The van der Waals surface area contributed by atoms with Crippen molar-refractivity contribution in [2.24, 2.45) is 11.7 Å². The van der Waals surface area contributed by atoms with Gasteiger partial charge in [-0.25, -0.2) is 4.39 Å². The summed E-state index contributed by atoms with van der Waals surface area (Å²) in [6.45, 7) is 5.36. The quantitative estimate of drug-likeness (QED) is 0.842. The molecule has 0 spiro atoms. The third-order valence-corrected chi connectivity index (χ3v) is 4.82. The number of nitrogens with two attached hydrogens (primary N) is 1. The molecule has 0 aromatic heterocycles. The van der Waals surface area contributed by atoms with Crippen LogP contribution in [0.2, 0.25) is 0 Å². The molecule has 2 nitrogen and oxygen atoms in total. The number of rotatable bonds is 5. The van der Waals surface area contributed by atoms with Gasteiger partial charge in [-0.3, -0.25) is 0 Å². The molecule has 1 aliphatic rings. The molecule has 1 aromatic carbocycles. The zero-order valence-electron chi connectivity index (χ0n) is 11.5. The van der Waals surface area contributed by atoms with Crippen molar-refractivity contribution in [2.75, 3.05) is 25.4 Å². The Labute approximate surface area is 119 Å². The van der Waals surface area contributed by atoms with E-state index in [0.29, 0.717) is 5.92 Å². The Morgan fingerprint density at radius 1 is 1.47 bits per heavy atom. The molecule has 2 atom stereocenters. The zero-order chi connectivity index (χ0) is 13.7. The lowest BCUT2D eigenvalue weighted by Crippen LogP contribution is -2.43. The second kappa shape index (κ2) is 7.27. The summed E-state index contributed by atoms with van der Waals surface area (Å²) in [6, 6.07) is 7.27. The molecule has 1 heterocycles. The first kappa shape index (κ1) is 14.8. The molecule has 1 aromatic rings. The third kappa shape index (κ3) is 4.48. The summed E-state index contributed by atoms with van der Waals surface area (Å²) in [4.78, 5) is 3.22. The number of hydrogen-bond donors (Lipinski definition) is 1. The Balaban J connectivity index is 1.75. The first-order valence-electron chi connectivity index (χ1n) is 7.02. The Bertz CT molecular complexity index is 397. The molecule has 0 radical (unpaired) electrons. The monoisotopic (exact) mass is 282 g/mol. The van der Waals surface area contributed by atoms with Crippen molar-refractivity contribution in [2.45, 2.75) is 30.7 Å². The fourth-order valence-electron chi connectivity index (χ4n) is 2.57. The van der Waals surface area contributed by atoms with Gasteiger partial charge >= 0.3 is 0 Å². The number of piperidine rings is 1. The van der Waals surface area contributed by atoms with Crippen LogP contribution in [0.3, 0.4) is 0 Å². The van der Waals surface area contributed by atoms with Gasteiger partial charge in [0, 0.05) is 29.8 Å². The van der Waals surface area contributed by atoms with Crippen LogP contribution >= 0.6 is 11.8 Å². The highest BCUT2D eigenvalue weighted by Gasteiger charge is 2.22. The van der Waals surface area contributed by atoms with E-state index in [1.807, 2.05) is 12.1 Å². The fourth-order valence-corrected chi connectivity index (χ4v) is 3.52. The Hall–Kier alpha value is -0.580. The van der Waals surface area contributed by atoms with Gasteiger partial charge in [0.1, 0.15) is 5.82 Å². The lowest BCUT2D eigenvalue weighted by Gasteiger charge is -2.34. The standard InChI is InChI=1S/C15H23FN2S/c1-12(17)13-5-4-8-18(11-13)9-10-19-15-7-3-2-6-14(15)16/h2-3,6-7,12-13H,4-5,8-11,17H2,1H3. The summed E-state index contributed by atoms with van der Waals surface area (Å²) < 4.78 is 13.5. The van der Waals surface area contributed by atoms with Gasteiger partial charge in [-0.05, 0) is 44.4 Å². The van der Waals surface area contributed by atoms with Gasteiger partial charge in [0.25, 0.3) is 0 Å². The summed E-state index contributed by atoms with van der Waals surface area (Å²) >= 11 is 1.60. The summed E-state index contributed by atoms with van der Waals surface area (Å²) in [6.07, 6.45) is 2.48. The molecule has 0 saturated carbocycles. The highest BCUT2D eigenvalue weighted by molar-refractivity contribution is 7.99. The van der Waals surface area contributed by atoms with E-state index in [0.717, 1.165) is 30.3 Å². The Morgan fingerprint density at radius 3 is 3.00 bits per heavy atom. The van der Waals surface area contributed by atoms with Crippen LogP contribution < -0.4 is 5.73 Å². The SMILES string of the molecule is CC(N)C1CCCN(CCSc2ccccc2F)C1. The van der Waals surface area contributed by atoms with E-state index in [-0.39, 0.29) is 11.9 Å². The van der Waals surface area contributed by atoms with Gasteiger partial charge in [-0.2, -0.15) is 0 Å². The average Bonchev–Trinajstić information content (AvgIpc) is 2.41. The van der Waals surface area contributed by atoms with E-state index in [1.165, 1.54) is 18.9 Å². The molecule has 2 rings (SSSR count). The molecular formula is C15H23FN2S. The van der Waals surface area contributed by atoms with Gasteiger partial charge in [-0.1, -0.05) is 12.1 Å². The maximum atomic E-state index is 13.5. The third-order valence-electron chi connectivity index (χ3n) is 3.79. The molecule has 0 bridgehead atoms. The van der Waals surface area contributed by atoms with E-state index in [9.17, 15) is 4.39 Å². The molecule has 1 saturated heterocycles. The number of hydrogen-bond acceptors (Lipinski definition) is 3. The smallest absolute Gasteiger partial charge is 0.136 e. The average molecular weight is 282 g/mol. The van der Waals surface area contributed by atoms with Crippen LogP contribution in [0.1, 0.15) is 19.8 Å². The van der Waals surface area contributed by atoms with Crippen LogP contribution in [0.25, 0.3) is 0 Å². The molecule has 106 valence electrons. The molecule has 0 aliphatic carbocycles. The van der Waals surface area contributed by atoms with E-state index >= 15 is 0 Å². The number of likely N-dealkylation sites (tertiary alicyclic amines) is 1. The van der Waals surface area contributed by atoms with Crippen LogP contribution in [0.5, 0.6) is 0 Å². The Morgan fingerprint density at radius 2 is 2.26 bits per heavy atom. The van der Waals surface area contributed by atoms with Crippen molar-refractivity contribution in [3.05, 3.63) is 30.1 Å². The molecule has 2 N–H and O–H groups in total. The van der Waals surface area contributed by atoms with Crippen molar-refractivity contribution in [1.29, 1.82) is 0 Å². The Kier molecular flexibility index (Phi) is 5.67. The minimum absolute atomic E-state index is 0.111. The first-order chi connectivity index (χ1) is 9.16. The minimum Gasteiger partial charge on any atom is -0.328 e. The topological polar surface area (TPSA) is 29.3 Å². The van der Waals surface area contributed by atoms with Gasteiger partial charge in [0.15, 0.2) is 0 Å².